The lowest BCUT2D eigenvalue weighted by molar-refractivity contribution is 0.555. The van der Waals surface area contributed by atoms with Crippen molar-refractivity contribution in [3.63, 3.8) is 0 Å². The van der Waals surface area contributed by atoms with Crippen LogP contribution in [0.2, 0.25) is 0 Å². The predicted octanol–water partition coefficient (Wildman–Crippen LogP) is 3.30. The zero-order chi connectivity index (χ0) is 10.4. The van der Waals surface area contributed by atoms with E-state index in [4.69, 9.17) is 8.83 Å². The van der Waals surface area contributed by atoms with E-state index in [0.29, 0.717) is 15.6 Å². The number of rotatable bonds is 0. The molecule has 3 nitrogen and oxygen atoms in total. The van der Waals surface area contributed by atoms with Gasteiger partial charge in [0.1, 0.15) is 15.6 Å². The van der Waals surface area contributed by atoms with Crippen LogP contribution >= 0.6 is 15.9 Å². The molecular formula is C11H5BrO3. The molecule has 0 amide bonds. The molecule has 2 heterocycles. The van der Waals surface area contributed by atoms with E-state index in [1.165, 1.54) is 0 Å². The molecule has 0 spiro atoms. The van der Waals surface area contributed by atoms with Crippen LogP contribution in [0.15, 0.2) is 48.6 Å². The van der Waals surface area contributed by atoms with Crippen LogP contribution in [0.1, 0.15) is 0 Å². The molecule has 3 rings (SSSR count). The normalized spacial score (nSPS) is 11.3. The van der Waals surface area contributed by atoms with Crippen molar-refractivity contribution in [2.75, 3.05) is 0 Å². The van der Waals surface area contributed by atoms with Crippen LogP contribution in [0.3, 0.4) is 0 Å². The second kappa shape index (κ2) is 2.97. The minimum Gasteiger partial charge on any atom is -0.464 e. The van der Waals surface area contributed by atoms with Crippen LogP contribution in [0, 0.1) is 0 Å². The van der Waals surface area contributed by atoms with Crippen LogP contribution in [-0.2, 0) is 0 Å². The fourth-order valence-corrected chi connectivity index (χ4v) is 1.88. The van der Waals surface area contributed by atoms with Crippen molar-refractivity contribution >= 4 is 37.9 Å². The van der Waals surface area contributed by atoms with Gasteiger partial charge >= 0.3 is 5.63 Å². The molecule has 0 N–H and O–H groups in total. The minimum atomic E-state index is -0.381. The smallest absolute Gasteiger partial charge is 0.350 e. The molecule has 0 radical (unpaired) electrons. The lowest BCUT2D eigenvalue weighted by Crippen LogP contribution is -1.98. The SMILES string of the molecule is O=c1oc2cc3occc3cc2cc1Br. The van der Waals surface area contributed by atoms with Crippen molar-refractivity contribution in [1.29, 1.82) is 0 Å². The third kappa shape index (κ3) is 1.29. The first-order valence-corrected chi connectivity index (χ1v) is 5.14. The van der Waals surface area contributed by atoms with Crippen molar-refractivity contribution in [2.45, 2.75) is 0 Å². The van der Waals surface area contributed by atoms with Crippen LogP contribution < -0.4 is 5.63 Å². The van der Waals surface area contributed by atoms with E-state index in [1.54, 1.807) is 18.4 Å². The number of hydrogen-bond donors (Lipinski definition) is 0. The molecule has 15 heavy (non-hydrogen) atoms. The minimum absolute atomic E-state index is 0.381. The lowest BCUT2D eigenvalue weighted by Gasteiger charge is -1.96. The summed E-state index contributed by atoms with van der Waals surface area (Å²) in [4.78, 5) is 11.3. The number of benzene rings is 1. The van der Waals surface area contributed by atoms with Gasteiger partial charge in [0, 0.05) is 16.8 Å². The Morgan fingerprint density at radius 1 is 1.07 bits per heavy atom. The van der Waals surface area contributed by atoms with Gasteiger partial charge in [0.2, 0.25) is 0 Å². The maximum Gasteiger partial charge on any atom is 0.350 e. The van der Waals surface area contributed by atoms with Crippen molar-refractivity contribution in [3.05, 3.63) is 45.4 Å². The Morgan fingerprint density at radius 3 is 2.80 bits per heavy atom. The Balaban J connectivity index is 2.54. The van der Waals surface area contributed by atoms with Crippen molar-refractivity contribution in [1.82, 2.24) is 0 Å². The highest BCUT2D eigenvalue weighted by Crippen LogP contribution is 2.24. The van der Waals surface area contributed by atoms with Crippen molar-refractivity contribution in [2.24, 2.45) is 0 Å². The van der Waals surface area contributed by atoms with E-state index in [1.807, 2.05) is 12.1 Å². The van der Waals surface area contributed by atoms with Gasteiger partial charge in [-0.05, 0) is 34.1 Å². The van der Waals surface area contributed by atoms with Crippen LogP contribution in [0.5, 0.6) is 0 Å². The first-order chi connectivity index (χ1) is 7.24. The van der Waals surface area contributed by atoms with E-state index < -0.39 is 0 Å². The molecule has 0 saturated heterocycles. The van der Waals surface area contributed by atoms with E-state index in [2.05, 4.69) is 15.9 Å². The molecule has 0 bridgehead atoms. The largest absolute Gasteiger partial charge is 0.464 e. The summed E-state index contributed by atoms with van der Waals surface area (Å²) in [7, 11) is 0. The van der Waals surface area contributed by atoms with E-state index in [9.17, 15) is 4.79 Å². The summed E-state index contributed by atoms with van der Waals surface area (Å²) in [5, 5.41) is 1.86. The molecule has 4 heteroatoms. The quantitative estimate of drug-likeness (QED) is 0.586. The van der Waals surface area contributed by atoms with Gasteiger partial charge in [-0.25, -0.2) is 4.79 Å². The van der Waals surface area contributed by atoms with Gasteiger partial charge in [0.25, 0.3) is 0 Å². The Bertz CT molecular complexity index is 708. The molecule has 0 saturated carbocycles. The highest BCUT2D eigenvalue weighted by atomic mass is 79.9. The van der Waals surface area contributed by atoms with Gasteiger partial charge in [-0.1, -0.05) is 0 Å². The highest BCUT2D eigenvalue weighted by molar-refractivity contribution is 9.10. The Kier molecular flexibility index (Phi) is 1.73. The number of halogens is 1. The van der Waals surface area contributed by atoms with Crippen LogP contribution in [0.4, 0.5) is 0 Å². The molecule has 74 valence electrons. The van der Waals surface area contributed by atoms with Crippen LogP contribution in [0.25, 0.3) is 21.9 Å². The second-order valence-corrected chi connectivity index (χ2v) is 4.08. The fourth-order valence-electron chi connectivity index (χ4n) is 1.55. The summed E-state index contributed by atoms with van der Waals surface area (Å²) in [6, 6.07) is 7.25. The Morgan fingerprint density at radius 2 is 1.93 bits per heavy atom. The monoisotopic (exact) mass is 264 g/mol. The molecule has 0 unspecified atom stereocenters. The van der Waals surface area contributed by atoms with Gasteiger partial charge in [0.15, 0.2) is 0 Å². The van der Waals surface area contributed by atoms with Gasteiger partial charge in [-0.15, -0.1) is 0 Å². The summed E-state index contributed by atoms with van der Waals surface area (Å²) in [5.41, 5.74) is 0.868. The number of hydrogen-bond acceptors (Lipinski definition) is 3. The van der Waals surface area contributed by atoms with E-state index in [-0.39, 0.29) is 5.63 Å². The summed E-state index contributed by atoms with van der Waals surface area (Å²) in [5.74, 6) is 0. The zero-order valence-electron chi connectivity index (χ0n) is 7.49. The lowest BCUT2D eigenvalue weighted by atomic mass is 10.2. The second-order valence-electron chi connectivity index (χ2n) is 3.23. The maximum absolute atomic E-state index is 11.3. The standard InChI is InChI=1S/C11H5BrO3/c12-8-4-7-3-6-1-2-14-9(6)5-10(7)15-11(8)13/h1-5H. The molecule has 2 aromatic heterocycles. The summed E-state index contributed by atoms with van der Waals surface area (Å²) >= 11 is 3.14. The molecule has 1 aromatic carbocycles. The Hall–Kier alpha value is -1.55. The average molecular weight is 265 g/mol. The summed E-state index contributed by atoms with van der Waals surface area (Å²) in [6.45, 7) is 0. The van der Waals surface area contributed by atoms with Gasteiger partial charge in [-0.3, -0.25) is 0 Å². The molecule has 0 fully saturated rings. The van der Waals surface area contributed by atoms with E-state index >= 15 is 0 Å². The molecule has 0 atom stereocenters. The third-order valence-corrected chi connectivity index (χ3v) is 2.82. The summed E-state index contributed by atoms with van der Waals surface area (Å²) < 4.78 is 10.8. The number of fused-ring (bicyclic) bond motifs is 2. The van der Waals surface area contributed by atoms with Crippen LogP contribution in [-0.4, -0.2) is 0 Å². The average Bonchev–Trinajstić information content (AvgIpc) is 2.63. The third-order valence-electron chi connectivity index (χ3n) is 2.26. The molecule has 0 aliphatic rings. The maximum atomic E-state index is 11.3. The fraction of sp³-hybridized carbons (Fsp3) is 0. The molecule has 3 aromatic rings. The van der Waals surface area contributed by atoms with E-state index in [0.717, 1.165) is 10.8 Å². The Labute approximate surface area is 92.4 Å². The topological polar surface area (TPSA) is 43.4 Å². The zero-order valence-corrected chi connectivity index (χ0v) is 9.08. The molecule has 0 aliphatic heterocycles. The van der Waals surface area contributed by atoms with Gasteiger partial charge in [0.05, 0.1) is 6.26 Å². The molecular weight excluding hydrogens is 260 g/mol. The first-order valence-electron chi connectivity index (χ1n) is 4.35. The highest BCUT2D eigenvalue weighted by Gasteiger charge is 2.05. The first kappa shape index (κ1) is 8.73. The van der Waals surface area contributed by atoms with Gasteiger partial charge < -0.3 is 8.83 Å². The van der Waals surface area contributed by atoms with Crippen molar-refractivity contribution < 1.29 is 8.83 Å². The number of furan rings is 1. The predicted molar refractivity (Wildman–Crippen MR) is 60.0 cm³/mol. The molecule has 0 aliphatic carbocycles. The van der Waals surface area contributed by atoms with Gasteiger partial charge in [-0.2, -0.15) is 0 Å². The van der Waals surface area contributed by atoms with Crippen molar-refractivity contribution in [3.8, 4) is 0 Å². The summed E-state index contributed by atoms with van der Waals surface area (Å²) in [6.07, 6.45) is 1.61.